The number of para-hydroxylation sites is 1. The molecule has 1 saturated heterocycles. The molecule has 1 amide bonds. The van der Waals surface area contributed by atoms with Gasteiger partial charge in [0.2, 0.25) is 5.91 Å². The van der Waals surface area contributed by atoms with Crippen LogP contribution in [0.3, 0.4) is 0 Å². The fourth-order valence-corrected chi connectivity index (χ4v) is 3.90. The first-order chi connectivity index (χ1) is 13.2. The summed E-state index contributed by atoms with van der Waals surface area (Å²) in [6.07, 6.45) is 3.19. The maximum Gasteiger partial charge on any atom is 0.227 e. The Morgan fingerprint density at radius 2 is 2.04 bits per heavy atom. The molecule has 1 fully saturated rings. The number of carbonyl (C=O) groups excluding carboxylic acids is 1. The number of hydrogen-bond donors (Lipinski definition) is 1. The molecule has 0 bridgehead atoms. The van der Waals surface area contributed by atoms with E-state index in [1.807, 2.05) is 18.2 Å². The minimum Gasteiger partial charge on any atom is -0.493 e. The number of ether oxygens (including phenoxy) is 2. The summed E-state index contributed by atoms with van der Waals surface area (Å²) in [5.74, 6) is 1.36. The van der Waals surface area contributed by atoms with E-state index in [-0.39, 0.29) is 11.8 Å². The van der Waals surface area contributed by atoms with Crippen LogP contribution in [-0.2, 0) is 17.8 Å². The van der Waals surface area contributed by atoms with Gasteiger partial charge in [0.15, 0.2) is 11.5 Å². The van der Waals surface area contributed by atoms with Gasteiger partial charge >= 0.3 is 0 Å². The summed E-state index contributed by atoms with van der Waals surface area (Å²) in [5, 5.41) is 3.08. The minimum absolute atomic E-state index is 0.0371. The van der Waals surface area contributed by atoms with Crippen LogP contribution >= 0.6 is 0 Å². The average molecular weight is 366 g/mol. The van der Waals surface area contributed by atoms with Gasteiger partial charge in [0.1, 0.15) is 6.61 Å². The average Bonchev–Trinajstić information content (AvgIpc) is 3.26. The number of nitrogens with one attached hydrogen (secondary N) is 1. The molecule has 2 aromatic carbocycles. The summed E-state index contributed by atoms with van der Waals surface area (Å²) in [6.45, 7) is 3.17. The predicted molar refractivity (Wildman–Crippen MR) is 105 cm³/mol. The molecule has 2 heterocycles. The van der Waals surface area contributed by atoms with E-state index < -0.39 is 0 Å². The number of fused-ring (bicyclic) bond motifs is 1. The quantitative estimate of drug-likeness (QED) is 0.883. The van der Waals surface area contributed by atoms with Crippen molar-refractivity contribution in [2.24, 2.45) is 5.92 Å². The molecule has 0 radical (unpaired) electrons. The van der Waals surface area contributed by atoms with E-state index in [0.717, 1.165) is 35.7 Å². The summed E-state index contributed by atoms with van der Waals surface area (Å²) in [6, 6.07) is 14.3. The molecule has 0 saturated carbocycles. The zero-order valence-corrected chi connectivity index (χ0v) is 15.7. The molecule has 27 heavy (non-hydrogen) atoms. The molecule has 1 N–H and O–H groups in total. The molecule has 1 atom stereocenters. The van der Waals surface area contributed by atoms with Crippen LogP contribution < -0.4 is 19.7 Å². The number of rotatable bonds is 5. The SMILES string of the molecule is COc1cccc2c1OC[C@@H](C(=O)NCc1cccc(N3CCCC3)c1)C2. The lowest BCUT2D eigenvalue weighted by Gasteiger charge is -2.26. The molecular formula is C22H26N2O3. The molecule has 5 nitrogen and oxygen atoms in total. The lowest BCUT2D eigenvalue weighted by molar-refractivity contribution is -0.126. The second kappa shape index (κ2) is 7.91. The maximum atomic E-state index is 12.6. The van der Waals surface area contributed by atoms with E-state index in [1.165, 1.54) is 18.5 Å². The number of benzene rings is 2. The van der Waals surface area contributed by atoms with Gasteiger partial charge in [-0.25, -0.2) is 0 Å². The number of anilines is 1. The number of methoxy groups -OCH3 is 1. The van der Waals surface area contributed by atoms with Crippen molar-refractivity contribution < 1.29 is 14.3 Å². The fraction of sp³-hybridized carbons (Fsp3) is 0.409. The topological polar surface area (TPSA) is 50.8 Å². The zero-order chi connectivity index (χ0) is 18.6. The first kappa shape index (κ1) is 17.7. The van der Waals surface area contributed by atoms with Crippen molar-refractivity contribution in [3.05, 3.63) is 53.6 Å². The highest BCUT2D eigenvalue weighted by Gasteiger charge is 2.27. The first-order valence-corrected chi connectivity index (χ1v) is 9.65. The van der Waals surface area contributed by atoms with E-state index in [0.29, 0.717) is 19.6 Å². The van der Waals surface area contributed by atoms with Crippen LogP contribution in [0.25, 0.3) is 0 Å². The van der Waals surface area contributed by atoms with E-state index in [9.17, 15) is 4.79 Å². The summed E-state index contributed by atoms with van der Waals surface area (Å²) in [7, 11) is 1.63. The Hall–Kier alpha value is -2.69. The van der Waals surface area contributed by atoms with Crippen LogP contribution in [0.4, 0.5) is 5.69 Å². The van der Waals surface area contributed by atoms with E-state index in [4.69, 9.17) is 9.47 Å². The second-order valence-corrected chi connectivity index (χ2v) is 7.24. The molecule has 4 rings (SSSR count). The van der Waals surface area contributed by atoms with Gasteiger partial charge in [0.25, 0.3) is 0 Å². The standard InChI is InChI=1S/C22H26N2O3/c1-26-20-9-5-7-17-13-18(15-27-21(17)20)22(25)23-14-16-6-4-8-19(12-16)24-10-2-3-11-24/h4-9,12,18H,2-3,10-11,13-15H2,1H3,(H,23,25)/t18-/m0/s1. The van der Waals surface area contributed by atoms with Gasteiger partial charge in [-0.05, 0) is 48.6 Å². The number of nitrogens with zero attached hydrogens (tertiary/aromatic N) is 1. The van der Waals surface area contributed by atoms with Crippen molar-refractivity contribution >= 4 is 11.6 Å². The predicted octanol–water partition coefficient (Wildman–Crippen LogP) is 3.16. The van der Waals surface area contributed by atoms with Gasteiger partial charge in [-0.3, -0.25) is 4.79 Å². The Morgan fingerprint density at radius 3 is 2.85 bits per heavy atom. The van der Waals surface area contributed by atoms with Crippen molar-refractivity contribution in [1.82, 2.24) is 5.32 Å². The van der Waals surface area contributed by atoms with Crippen molar-refractivity contribution in [3.8, 4) is 11.5 Å². The third kappa shape index (κ3) is 3.87. The van der Waals surface area contributed by atoms with Crippen LogP contribution in [0.2, 0.25) is 0 Å². The molecule has 0 unspecified atom stereocenters. The third-order valence-electron chi connectivity index (χ3n) is 5.39. The maximum absolute atomic E-state index is 12.6. The summed E-state index contributed by atoms with van der Waals surface area (Å²) in [4.78, 5) is 15.1. The Balaban J connectivity index is 1.36. The van der Waals surface area contributed by atoms with Gasteiger partial charge in [0, 0.05) is 25.3 Å². The number of carbonyl (C=O) groups is 1. The molecule has 0 aromatic heterocycles. The van der Waals surface area contributed by atoms with Gasteiger partial charge in [0.05, 0.1) is 13.0 Å². The Morgan fingerprint density at radius 1 is 1.22 bits per heavy atom. The highest BCUT2D eigenvalue weighted by atomic mass is 16.5. The summed E-state index contributed by atoms with van der Waals surface area (Å²) in [5.41, 5.74) is 3.41. The Labute approximate surface area is 160 Å². The fourth-order valence-electron chi connectivity index (χ4n) is 3.90. The van der Waals surface area contributed by atoms with Crippen molar-refractivity contribution in [1.29, 1.82) is 0 Å². The van der Waals surface area contributed by atoms with Crippen LogP contribution in [0.5, 0.6) is 11.5 Å². The highest BCUT2D eigenvalue weighted by molar-refractivity contribution is 5.79. The molecule has 2 aromatic rings. The second-order valence-electron chi connectivity index (χ2n) is 7.24. The normalized spacial score (nSPS) is 18.6. The van der Waals surface area contributed by atoms with Crippen LogP contribution in [0.1, 0.15) is 24.0 Å². The molecular weight excluding hydrogens is 340 g/mol. The van der Waals surface area contributed by atoms with Crippen LogP contribution in [0.15, 0.2) is 42.5 Å². The number of amides is 1. The Bertz CT molecular complexity index is 815. The third-order valence-corrected chi connectivity index (χ3v) is 5.39. The van der Waals surface area contributed by atoms with Gasteiger partial charge in [-0.2, -0.15) is 0 Å². The van der Waals surface area contributed by atoms with Crippen LogP contribution in [0, 0.1) is 5.92 Å². The summed E-state index contributed by atoms with van der Waals surface area (Å²) < 4.78 is 11.2. The smallest absolute Gasteiger partial charge is 0.227 e. The minimum atomic E-state index is -0.175. The van der Waals surface area contributed by atoms with Crippen molar-refractivity contribution in [2.45, 2.75) is 25.8 Å². The van der Waals surface area contributed by atoms with Crippen molar-refractivity contribution in [2.75, 3.05) is 31.7 Å². The zero-order valence-electron chi connectivity index (χ0n) is 15.7. The molecule has 2 aliphatic rings. The number of hydrogen-bond acceptors (Lipinski definition) is 4. The summed E-state index contributed by atoms with van der Waals surface area (Å²) >= 11 is 0. The van der Waals surface area contributed by atoms with E-state index >= 15 is 0 Å². The van der Waals surface area contributed by atoms with Gasteiger partial charge in [-0.15, -0.1) is 0 Å². The lowest BCUT2D eigenvalue weighted by atomic mass is 9.95. The first-order valence-electron chi connectivity index (χ1n) is 9.65. The Kier molecular flexibility index (Phi) is 5.19. The molecule has 5 heteroatoms. The highest BCUT2D eigenvalue weighted by Crippen LogP contribution is 2.36. The van der Waals surface area contributed by atoms with Gasteiger partial charge in [-0.1, -0.05) is 24.3 Å². The van der Waals surface area contributed by atoms with Gasteiger partial charge < -0.3 is 19.7 Å². The van der Waals surface area contributed by atoms with Crippen molar-refractivity contribution in [3.63, 3.8) is 0 Å². The lowest BCUT2D eigenvalue weighted by Crippen LogP contribution is -2.37. The van der Waals surface area contributed by atoms with E-state index in [1.54, 1.807) is 7.11 Å². The monoisotopic (exact) mass is 366 g/mol. The molecule has 142 valence electrons. The largest absolute Gasteiger partial charge is 0.493 e. The molecule has 0 aliphatic carbocycles. The molecule has 0 spiro atoms. The molecule has 2 aliphatic heterocycles. The van der Waals surface area contributed by atoms with E-state index in [2.05, 4.69) is 34.5 Å². The van der Waals surface area contributed by atoms with Crippen LogP contribution in [-0.4, -0.2) is 32.7 Å².